The van der Waals surface area contributed by atoms with Crippen LogP contribution in [0.25, 0.3) is 0 Å². The van der Waals surface area contributed by atoms with Crippen molar-refractivity contribution < 1.29 is 29.5 Å². The van der Waals surface area contributed by atoms with Gasteiger partial charge in [0, 0.05) is 7.11 Å². The predicted molar refractivity (Wildman–Crippen MR) is 38.6 cm³/mol. The Morgan fingerprint density at radius 1 is 1.46 bits per heavy atom. The van der Waals surface area contributed by atoms with Gasteiger partial charge in [0.1, 0.15) is 18.3 Å². The van der Waals surface area contributed by atoms with Crippen molar-refractivity contribution in [2.75, 3.05) is 13.7 Å². The number of aliphatic hydroxyl groups is 3. The topological polar surface area (TPSA) is 88.4 Å². The minimum absolute atomic E-state index is 0.0502. The van der Waals surface area contributed by atoms with E-state index >= 15 is 0 Å². The van der Waals surface area contributed by atoms with Crippen LogP contribution in [0.15, 0.2) is 0 Å². The zero-order valence-electron chi connectivity index (χ0n) is 7.08. The maximum absolute atomic E-state index is 9.73. The molecule has 0 saturated carbocycles. The van der Waals surface area contributed by atoms with Gasteiger partial charge in [0.2, 0.25) is 12.1 Å². The summed E-state index contributed by atoms with van der Waals surface area (Å²) in [7, 11) is 1.33. The summed E-state index contributed by atoms with van der Waals surface area (Å²) in [4.78, 5) is 0. The molecular formula is C7H12O6. The van der Waals surface area contributed by atoms with Crippen molar-refractivity contribution in [2.45, 2.75) is 30.4 Å². The van der Waals surface area contributed by atoms with Crippen LogP contribution in [0, 0.1) is 0 Å². The van der Waals surface area contributed by atoms with E-state index in [2.05, 4.69) is 0 Å². The second-order valence-electron chi connectivity index (χ2n) is 3.24. The van der Waals surface area contributed by atoms with Crippen molar-refractivity contribution in [3.63, 3.8) is 0 Å². The molecule has 76 valence electrons. The molecule has 0 amide bonds. The van der Waals surface area contributed by atoms with E-state index in [0.29, 0.717) is 0 Å². The van der Waals surface area contributed by atoms with Gasteiger partial charge in [0.25, 0.3) is 0 Å². The molecule has 3 aliphatic heterocycles. The van der Waals surface area contributed by atoms with Crippen LogP contribution >= 0.6 is 0 Å². The smallest absolute Gasteiger partial charge is 0.247 e. The highest BCUT2D eigenvalue weighted by Crippen LogP contribution is 2.36. The Morgan fingerprint density at radius 2 is 2.15 bits per heavy atom. The summed E-state index contributed by atoms with van der Waals surface area (Å²) in [6.07, 6.45) is -4.23. The summed E-state index contributed by atoms with van der Waals surface area (Å²) in [5.74, 6) is -1.96. The van der Waals surface area contributed by atoms with Gasteiger partial charge in [-0.1, -0.05) is 0 Å². The number of ether oxygens (including phenoxy) is 3. The highest BCUT2D eigenvalue weighted by Gasteiger charge is 2.60. The Morgan fingerprint density at radius 3 is 2.77 bits per heavy atom. The molecule has 3 rings (SSSR count). The molecule has 6 nitrogen and oxygen atoms in total. The lowest BCUT2D eigenvalue weighted by atomic mass is 9.93. The van der Waals surface area contributed by atoms with Crippen molar-refractivity contribution in [1.82, 2.24) is 0 Å². The third-order valence-corrected chi connectivity index (χ3v) is 2.46. The molecule has 5 atom stereocenters. The van der Waals surface area contributed by atoms with Gasteiger partial charge in [-0.25, -0.2) is 0 Å². The Bertz CT molecular complexity index is 205. The number of hydrogen-bond donors (Lipinski definition) is 3. The second kappa shape index (κ2) is 2.88. The molecule has 3 aliphatic rings. The fraction of sp³-hybridized carbons (Fsp3) is 1.00. The molecule has 0 aromatic rings. The van der Waals surface area contributed by atoms with E-state index in [9.17, 15) is 15.3 Å². The van der Waals surface area contributed by atoms with Gasteiger partial charge in [0.15, 0.2) is 0 Å². The number of methoxy groups -OCH3 is 1. The molecule has 0 spiro atoms. The van der Waals surface area contributed by atoms with Crippen molar-refractivity contribution >= 4 is 0 Å². The minimum Gasteiger partial charge on any atom is -0.387 e. The maximum atomic E-state index is 9.73. The first kappa shape index (κ1) is 9.32. The summed E-state index contributed by atoms with van der Waals surface area (Å²) in [5, 5.41) is 28.6. The number of aliphatic hydroxyl groups excluding tert-OH is 2. The Hall–Kier alpha value is -0.240. The van der Waals surface area contributed by atoms with Gasteiger partial charge in [-0.2, -0.15) is 0 Å². The quantitative estimate of drug-likeness (QED) is 0.437. The molecule has 0 aromatic heterocycles. The van der Waals surface area contributed by atoms with Crippen LogP contribution in [-0.4, -0.2) is 59.4 Å². The monoisotopic (exact) mass is 192 g/mol. The highest BCUT2D eigenvalue weighted by molar-refractivity contribution is 4.99. The number of rotatable bonds is 1. The van der Waals surface area contributed by atoms with Gasteiger partial charge in [-0.15, -0.1) is 0 Å². The van der Waals surface area contributed by atoms with Crippen molar-refractivity contribution in [3.8, 4) is 0 Å². The zero-order valence-corrected chi connectivity index (χ0v) is 7.08. The van der Waals surface area contributed by atoms with E-state index in [0.717, 1.165) is 0 Å². The third-order valence-electron chi connectivity index (χ3n) is 2.46. The average Bonchev–Trinajstić information content (AvgIpc) is 2.14. The normalized spacial score (nSPS) is 55.4. The molecule has 2 bridgehead atoms. The van der Waals surface area contributed by atoms with Gasteiger partial charge >= 0.3 is 0 Å². The van der Waals surface area contributed by atoms with E-state index in [1.54, 1.807) is 0 Å². The van der Waals surface area contributed by atoms with E-state index < -0.39 is 30.4 Å². The van der Waals surface area contributed by atoms with Crippen molar-refractivity contribution in [1.29, 1.82) is 0 Å². The van der Waals surface area contributed by atoms with Crippen LogP contribution in [0.3, 0.4) is 0 Å². The van der Waals surface area contributed by atoms with E-state index in [1.807, 2.05) is 0 Å². The van der Waals surface area contributed by atoms with E-state index in [4.69, 9.17) is 14.2 Å². The minimum atomic E-state index is -1.96. The SMILES string of the molecule is CO[C@@H]1O[C@@H]2CO[C@@]1(O)[C@@H](O)[C@@H]2O. The highest BCUT2D eigenvalue weighted by atomic mass is 16.8. The molecule has 3 heterocycles. The lowest BCUT2D eigenvalue weighted by Gasteiger charge is -2.51. The first-order valence-electron chi connectivity index (χ1n) is 4.00. The molecule has 0 radical (unpaired) electrons. The molecule has 3 fully saturated rings. The van der Waals surface area contributed by atoms with Crippen LogP contribution in [0.2, 0.25) is 0 Å². The third kappa shape index (κ3) is 1.11. The predicted octanol–water partition coefficient (Wildman–Crippen LogP) is -2.20. The van der Waals surface area contributed by atoms with Crippen LogP contribution in [0.5, 0.6) is 0 Å². The fourth-order valence-electron chi connectivity index (χ4n) is 1.66. The molecule has 13 heavy (non-hydrogen) atoms. The lowest BCUT2D eigenvalue weighted by molar-refractivity contribution is -0.453. The first-order chi connectivity index (χ1) is 6.09. The molecule has 0 aromatic carbocycles. The van der Waals surface area contributed by atoms with Crippen molar-refractivity contribution in [3.05, 3.63) is 0 Å². The molecule has 0 aliphatic carbocycles. The summed E-state index contributed by atoms with van der Waals surface area (Å²) in [5.41, 5.74) is 0. The van der Waals surface area contributed by atoms with Crippen LogP contribution in [0.4, 0.5) is 0 Å². The van der Waals surface area contributed by atoms with Gasteiger partial charge in [-0.3, -0.25) is 0 Å². The second-order valence-corrected chi connectivity index (χ2v) is 3.24. The fourth-order valence-corrected chi connectivity index (χ4v) is 1.66. The van der Waals surface area contributed by atoms with Gasteiger partial charge < -0.3 is 29.5 Å². The first-order valence-corrected chi connectivity index (χ1v) is 4.00. The summed E-state index contributed by atoms with van der Waals surface area (Å²) in [6.45, 7) is 0.0502. The van der Waals surface area contributed by atoms with Crippen LogP contribution in [0.1, 0.15) is 0 Å². The number of fused-ring (bicyclic) bond motifs is 3. The zero-order chi connectivity index (χ0) is 9.64. The Balaban J connectivity index is 2.25. The molecular weight excluding hydrogens is 180 g/mol. The maximum Gasteiger partial charge on any atom is 0.247 e. The molecule has 3 saturated heterocycles. The average molecular weight is 192 g/mol. The summed E-state index contributed by atoms with van der Waals surface area (Å²) in [6, 6.07) is 0. The summed E-state index contributed by atoms with van der Waals surface area (Å²) >= 11 is 0. The van der Waals surface area contributed by atoms with Gasteiger partial charge in [-0.05, 0) is 0 Å². The van der Waals surface area contributed by atoms with E-state index in [-0.39, 0.29) is 6.61 Å². The van der Waals surface area contributed by atoms with Gasteiger partial charge in [0.05, 0.1) is 6.61 Å². The Labute approximate surface area is 74.6 Å². The number of hydrogen-bond acceptors (Lipinski definition) is 6. The standard InChI is InChI=1S/C7H12O6/c1-11-6-7(10)5(9)4(8)3(13-6)2-12-7/h3-6,8-10H,2H2,1H3/t3-,4-,5+,6-,7+/m1/s1. The van der Waals surface area contributed by atoms with Crippen LogP contribution in [-0.2, 0) is 14.2 Å². The van der Waals surface area contributed by atoms with Crippen molar-refractivity contribution in [2.24, 2.45) is 0 Å². The Kier molecular flexibility index (Phi) is 2.06. The molecule has 3 N–H and O–H groups in total. The molecule has 6 heteroatoms. The largest absolute Gasteiger partial charge is 0.387 e. The summed E-state index contributed by atoms with van der Waals surface area (Å²) < 4.78 is 14.8. The molecule has 0 unspecified atom stereocenters. The van der Waals surface area contributed by atoms with Crippen LogP contribution < -0.4 is 0 Å². The lowest BCUT2D eigenvalue weighted by Crippen LogP contribution is -2.73. The van der Waals surface area contributed by atoms with E-state index in [1.165, 1.54) is 7.11 Å².